The van der Waals surface area contributed by atoms with Gasteiger partial charge in [0.05, 0.1) is 0 Å². The van der Waals surface area contributed by atoms with Gasteiger partial charge < -0.3 is 5.32 Å². The van der Waals surface area contributed by atoms with Gasteiger partial charge in [0.25, 0.3) is 5.91 Å². The van der Waals surface area contributed by atoms with Gasteiger partial charge in [-0.1, -0.05) is 13.8 Å². The van der Waals surface area contributed by atoms with E-state index in [1.54, 1.807) is 0 Å². The van der Waals surface area contributed by atoms with Crippen LogP contribution in [0.15, 0.2) is 0 Å². The van der Waals surface area contributed by atoms with E-state index in [-0.39, 0.29) is 5.92 Å². The molecule has 0 bridgehead atoms. The molecule has 9 heteroatoms. The average Bonchev–Trinajstić information content (AvgIpc) is 2.11. The van der Waals surface area contributed by atoms with E-state index in [4.69, 9.17) is 0 Å². The third kappa shape index (κ3) is 3.22. The molecular weight excluding hydrogens is 259 g/mol. The Morgan fingerprint density at radius 2 is 1.47 bits per heavy atom. The van der Waals surface area contributed by atoms with Crippen LogP contribution in [-0.2, 0) is 4.79 Å². The predicted octanol–water partition coefficient (Wildman–Crippen LogP) is 2.59. The highest BCUT2D eigenvalue weighted by molar-refractivity contribution is 5.84. The van der Waals surface area contributed by atoms with Crippen molar-refractivity contribution in [3.05, 3.63) is 0 Å². The molecule has 0 unspecified atom stereocenters. The van der Waals surface area contributed by atoms with E-state index in [1.807, 2.05) is 0 Å². The smallest absolute Gasteiger partial charge is 0.350 e. The summed E-state index contributed by atoms with van der Waals surface area (Å²) in [5, 5.41) is 1.33. The molecule has 0 aliphatic carbocycles. The zero-order valence-corrected chi connectivity index (χ0v) is 8.84. The standard InChI is InChI=1S/C8H10F7NO/c1-4(2)3-16-5(17)6(9,10)7(11,12)8(13,14)15/h4H,3H2,1-2H3,(H,16,17). The van der Waals surface area contributed by atoms with Gasteiger partial charge in [-0.05, 0) is 5.92 Å². The number of hydrogen-bond donors (Lipinski definition) is 1. The third-order valence-corrected chi connectivity index (χ3v) is 1.71. The van der Waals surface area contributed by atoms with E-state index in [9.17, 15) is 35.5 Å². The molecule has 1 amide bonds. The third-order valence-electron chi connectivity index (χ3n) is 1.71. The summed E-state index contributed by atoms with van der Waals surface area (Å²) in [4.78, 5) is 10.6. The monoisotopic (exact) mass is 269 g/mol. The maximum atomic E-state index is 12.7. The lowest BCUT2D eigenvalue weighted by Gasteiger charge is -2.27. The summed E-state index contributed by atoms with van der Waals surface area (Å²) < 4.78 is 85.0. The van der Waals surface area contributed by atoms with Gasteiger partial charge in [-0.3, -0.25) is 4.79 Å². The van der Waals surface area contributed by atoms with Crippen LogP contribution in [0.2, 0.25) is 0 Å². The number of amides is 1. The first-order chi connectivity index (χ1) is 7.34. The summed E-state index contributed by atoms with van der Waals surface area (Å²) in [6.45, 7) is 2.49. The lowest BCUT2D eigenvalue weighted by Crippen LogP contribution is -2.59. The van der Waals surface area contributed by atoms with Gasteiger partial charge in [0.2, 0.25) is 0 Å². The second-order valence-corrected chi connectivity index (χ2v) is 3.75. The minimum absolute atomic E-state index is 0.366. The topological polar surface area (TPSA) is 29.1 Å². The van der Waals surface area contributed by atoms with Crippen molar-refractivity contribution in [3.8, 4) is 0 Å². The van der Waals surface area contributed by atoms with Crippen LogP contribution >= 0.6 is 0 Å². The number of halogens is 7. The quantitative estimate of drug-likeness (QED) is 0.781. The highest BCUT2D eigenvalue weighted by atomic mass is 19.4. The van der Waals surface area contributed by atoms with Crippen LogP contribution < -0.4 is 5.32 Å². The number of alkyl halides is 7. The molecule has 0 spiro atoms. The lowest BCUT2D eigenvalue weighted by molar-refractivity contribution is -0.344. The van der Waals surface area contributed by atoms with E-state index >= 15 is 0 Å². The Morgan fingerprint density at radius 3 is 1.76 bits per heavy atom. The largest absolute Gasteiger partial charge is 0.460 e. The molecule has 0 radical (unpaired) electrons. The summed E-state index contributed by atoms with van der Waals surface area (Å²) in [6, 6.07) is 0. The molecule has 0 saturated carbocycles. The van der Waals surface area contributed by atoms with Crippen LogP contribution in [0, 0.1) is 5.92 Å². The molecule has 0 aromatic rings. The molecule has 0 heterocycles. The Bertz CT molecular complexity index is 284. The second-order valence-electron chi connectivity index (χ2n) is 3.75. The van der Waals surface area contributed by atoms with Gasteiger partial charge in [-0.25, -0.2) is 0 Å². The molecular formula is C8H10F7NO. The Morgan fingerprint density at radius 1 is 1.06 bits per heavy atom. The number of rotatable bonds is 4. The average molecular weight is 269 g/mol. The zero-order chi connectivity index (χ0) is 14.1. The SMILES string of the molecule is CC(C)CNC(=O)C(F)(F)C(F)(F)C(F)(F)F. The summed E-state index contributed by atoms with van der Waals surface area (Å²) in [5.74, 6) is -15.2. The molecule has 0 saturated heterocycles. The first-order valence-electron chi connectivity index (χ1n) is 4.44. The molecule has 17 heavy (non-hydrogen) atoms. The van der Waals surface area contributed by atoms with Crippen LogP contribution in [-0.4, -0.2) is 30.5 Å². The van der Waals surface area contributed by atoms with E-state index in [1.165, 1.54) is 19.2 Å². The van der Waals surface area contributed by atoms with Crippen molar-refractivity contribution in [2.45, 2.75) is 31.9 Å². The number of carbonyl (C=O) groups excluding carboxylic acids is 1. The molecule has 0 rings (SSSR count). The van der Waals surface area contributed by atoms with Crippen molar-refractivity contribution < 1.29 is 35.5 Å². The Balaban J connectivity index is 4.94. The van der Waals surface area contributed by atoms with Gasteiger partial charge >= 0.3 is 18.0 Å². The van der Waals surface area contributed by atoms with Gasteiger partial charge in [0.1, 0.15) is 0 Å². The van der Waals surface area contributed by atoms with E-state index in [0.29, 0.717) is 0 Å². The molecule has 0 aliphatic heterocycles. The van der Waals surface area contributed by atoms with Crippen molar-refractivity contribution in [1.29, 1.82) is 0 Å². The molecule has 0 atom stereocenters. The van der Waals surface area contributed by atoms with E-state index in [2.05, 4.69) is 0 Å². The molecule has 102 valence electrons. The van der Waals surface area contributed by atoms with Gasteiger partial charge in [-0.2, -0.15) is 30.7 Å². The predicted molar refractivity (Wildman–Crippen MR) is 43.8 cm³/mol. The van der Waals surface area contributed by atoms with E-state index in [0.717, 1.165) is 0 Å². The van der Waals surface area contributed by atoms with Crippen LogP contribution in [0.5, 0.6) is 0 Å². The fourth-order valence-corrected chi connectivity index (χ4v) is 0.728. The van der Waals surface area contributed by atoms with Gasteiger partial charge in [0.15, 0.2) is 0 Å². The van der Waals surface area contributed by atoms with Crippen molar-refractivity contribution in [2.24, 2.45) is 5.92 Å². The minimum Gasteiger partial charge on any atom is -0.350 e. The van der Waals surface area contributed by atoms with E-state index < -0.39 is 30.5 Å². The van der Waals surface area contributed by atoms with Crippen molar-refractivity contribution in [1.82, 2.24) is 5.32 Å². The molecule has 0 aliphatic rings. The Hall–Kier alpha value is -1.02. The number of hydrogen-bond acceptors (Lipinski definition) is 1. The van der Waals surface area contributed by atoms with Crippen LogP contribution in [0.1, 0.15) is 13.8 Å². The number of carbonyl (C=O) groups is 1. The molecule has 0 aromatic carbocycles. The normalized spacial score (nSPS) is 14.0. The summed E-state index contributed by atoms with van der Waals surface area (Å²) in [5.41, 5.74) is 0. The fraction of sp³-hybridized carbons (Fsp3) is 0.875. The lowest BCUT2D eigenvalue weighted by atomic mass is 10.1. The molecule has 1 N–H and O–H groups in total. The van der Waals surface area contributed by atoms with Crippen molar-refractivity contribution >= 4 is 5.91 Å². The summed E-state index contributed by atoms with van der Waals surface area (Å²) >= 11 is 0. The fourth-order valence-electron chi connectivity index (χ4n) is 0.728. The van der Waals surface area contributed by atoms with Crippen molar-refractivity contribution in [2.75, 3.05) is 6.54 Å². The first kappa shape index (κ1) is 16.0. The summed E-state index contributed by atoms with van der Waals surface area (Å²) in [6.07, 6.45) is -6.49. The van der Waals surface area contributed by atoms with Crippen LogP contribution in [0.3, 0.4) is 0 Å². The number of nitrogens with one attached hydrogen (secondary N) is 1. The first-order valence-corrected chi connectivity index (χ1v) is 4.44. The Labute approximate surface area is 92.2 Å². The Kier molecular flexibility index (Phi) is 4.41. The maximum Gasteiger partial charge on any atom is 0.460 e. The molecule has 0 aromatic heterocycles. The van der Waals surface area contributed by atoms with Gasteiger partial charge in [0, 0.05) is 6.54 Å². The summed E-state index contributed by atoms with van der Waals surface area (Å²) in [7, 11) is 0. The van der Waals surface area contributed by atoms with Crippen LogP contribution in [0.25, 0.3) is 0 Å². The van der Waals surface area contributed by atoms with Crippen LogP contribution in [0.4, 0.5) is 30.7 Å². The highest BCUT2D eigenvalue weighted by Gasteiger charge is 2.76. The highest BCUT2D eigenvalue weighted by Crippen LogP contribution is 2.46. The van der Waals surface area contributed by atoms with Gasteiger partial charge in [-0.15, -0.1) is 0 Å². The second kappa shape index (κ2) is 4.69. The maximum absolute atomic E-state index is 12.7. The molecule has 2 nitrogen and oxygen atoms in total. The zero-order valence-electron chi connectivity index (χ0n) is 8.84. The van der Waals surface area contributed by atoms with Crippen molar-refractivity contribution in [3.63, 3.8) is 0 Å². The minimum atomic E-state index is -6.49. The molecule has 0 fully saturated rings.